The van der Waals surface area contributed by atoms with E-state index in [-0.39, 0.29) is 41.0 Å². The van der Waals surface area contributed by atoms with Gasteiger partial charge in [0.15, 0.2) is 5.78 Å². The van der Waals surface area contributed by atoms with Gasteiger partial charge in [-0.2, -0.15) is 0 Å². The Morgan fingerprint density at radius 2 is 1.09 bits per heavy atom. The lowest BCUT2D eigenvalue weighted by molar-refractivity contribution is 0.0483. The van der Waals surface area contributed by atoms with E-state index in [1.807, 2.05) is 13.8 Å². The number of rotatable bonds is 12. The second-order valence-electron chi connectivity index (χ2n) is 7.44. The maximum absolute atomic E-state index is 13.0. The second kappa shape index (κ2) is 12.3. The van der Waals surface area contributed by atoms with Crippen LogP contribution in [0.2, 0.25) is 0 Å². The molecule has 9 nitrogen and oxygen atoms in total. The number of aromatic carboxylic acids is 2. The minimum absolute atomic E-state index is 0.0398. The molecule has 180 valence electrons. The Morgan fingerprint density at radius 1 is 0.647 bits per heavy atom. The van der Waals surface area contributed by atoms with E-state index in [0.29, 0.717) is 12.8 Å². The number of carboxylic acids is 2. The highest BCUT2D eigenvalue weighted by Crippen LogP contribution is 2.20. The van der Waals surface area contributed by atoms with Crippen molar-refractivity contribution in [2.24, 2.45) is 0 Å². The van der Waals surface area contributed by atoms with Gasteiger partial charge in [-0.1, -0.05) is 38.8 Å². The van der Waals surface area contributed by atoms with Crippen molar-refractivity contribution in [1.82, 2.24) is 0 Å². The number of esters is 2. The molecule has 2 aromatic rings. The highest BCUT2D eigenvalue weighted by molar-refractivity contribution is 6.13. The van der Waals surface area contributed by atoms with Crippen molar-refractivity contribution in [1.29, 1.82) is 0 Å². The van der Waals surface area contributed by atoms with Crippen molar-refractivity contribution in [3.8, 4) is 0 Å². The third kappa shape index (κ3) is 6.50. The minimum atomic E-state index is -1.42. The summed E-state index contributed by atoms with van der Waals surface area (Å²) in [7, 11) is 0. The minimum Gasteiger partial charge on any atom is -0.478 e. The van der Waals surface area contributed by atoms with Gasteiger partial charge in [0.2, 0.25) is 0 Å². The van der Waals surface area contributed by atoms with Gasteiger partial charge in [-0.25, -0.2) is 19.2 Å². The van der Waals surface area contributed by atoms with Gasteiger partial charge >= 0.3 is 23.9 Å². The molecule has 0 aliphatic carbocycles. The summed E-state index contributed by atoms with van der Waals surface area (Å²) in [6.07, 6.45) is 2.78. The molecule has 2 N–H and O–H groups in total. The largest absolute Gasteiger partial charge is 0.478 e. The molecule has 2 rings (SSSR count). The number of hydrogen-bond donors (Lipinski definition) is 2. The molecule has 0 bridgehead atoms. The van der Waals surface area contributed by atoms with Crippen molar-refractivity contribution in [3.05, 3.63) is 69.8 Å². The number of carbonyl (C=O) groups excluding carboxylic acids is 3. The van der Waals surface area contributed by atoms with E-state index in [9.17, 15) is 34.2 Å². The van der Waals surface area contributed by atoms with Crippen molar-refractivity contribution >= 4 is 29.7 Å². The lowest BCUT2D eigenvalue weighted by atomic mass is 9.95. The molecular weight excluding hydrogens is 444 g/mol. The van der Waals surface area contributed by atoms with Crippen LogP contribution < -0.4 is 0 Å². The average Bonchev–Trinajstić information content (AvgIpc) is 2.82. The molecule has 0 amide bonds. The Labute approximate surface area is 196 Å². The van der Waals surface area contributed by atoms with Crippen molar-refractivity contribution in [2.75, 3.05) is 13.2 Å². The number of hydrogen-bond acceptors (Lipinski definition) is 7. The van der Waals surface area contributed by atoms with Gasteiger partial charge in [0.25, 0.3) is 0 Å². The van der Waals surface area contributed by atoms with Crippen LogP contribution in [0.5, 0.6) is 0 Å². The first-order valence-corrected chi connectivity index (χ1v) is 10.8. The molecule has 34 heavy (non-hydrogen) atoms. The normalized spacial score (nSPS) is 10.4. The monoisotopic (exact) mass is 470 g/mol. The Balaban J connectivity index is 2.40. The fourth-order valence-electron chi connectivity index (χ4n) is 3.02. The number of benzene rings is 2. The van der Waals surface area contributed by atoms with E-state index in [1.165, 1.54) is 18.2 Å². The second-order valence-corrected chi connectivity index (χ2v) is 7.44. The maximum Gasteiger partial charge on any atom is 0.339 e. The fourth-order valence-corrected chi connectivity index (χ4v) is 3.02. The van der Waals surface area contributed by atoms with Gasteiger partial charge in [0.05, 0.1) is 35.5 Å². The predicted molar refractivity (Wildman–Crippen MR) is 121 cm³/mol. The predicted octanol–water partition coefficient (Wildman–Crippen LogP) is 4.23. The highest BCUT2D eigenvalue weighted by Gasteiger charge is 2.23. The van der Waals surface area contributed by atoms with E-state index >= 15 is 0 Å². The molecule has 0 fully saturated rings. The molecule has 0 spiro atoms. The van der Waals surface area contributed by atoms with Crippen LogP contribution in [0.3, 0.4) is 0 Å². The van der Waals surface area contributed by atoms with E-state index in [1.54, 1.807) is 0 Å². The van der Waals surface area contributed by atoms with Crippen LogP contribution in [0.4, 0.5) is 0 Å². The fraction of sp³-hybridized carbons (Fsp3) is 0.320. The van der Waals surface area contributed by atoms with Crippen LogP contribution >= 0.6 is 0 Å². The lowest BCUT2D eigenvalue weighted by Gasteiger charge is -2.11. The third-order valence-electron chi connectivity index (χ3n) is 4.93. The van der Waals surface area contributed by atoms with Gasteiger partial charge in [0, 0.05) is 11.1 Å². The summed E-state index contributed by atoms with van der Waals surface area (Å²) in [5, 5.41) is 18.9. The molecule has 0 aliphatic rings. The summed E-state index contributed by atoms with van der Waals surface area (Å²) in [5.74, 6) is -5.13. The summed E-state index contributed by atoms with van der Waals surface area (Å²) >= 11 is 0. The number of ketones is 1. The van der Waals surface area contributed by atoms with Crippen LogP contribution in [-0.4, -0.2) is 53.1 Å². The topological polar surface area (TPSA) is 144 Å². The Hall–Kier alpha value is -4.01. The molecular formula is C25H26O9. The molecule has 0 saturated heterocycles. The molecule has 0 unspecified atom stereocenters. The first kappa shape index (κ1) is 26.2. The number of ether oxygens (including phenoxy) is 2. The van der Waals surface area contributed by atoms with Crippen molar-refractivity contribution < 1.29 is 43.7 Å². The molecule has 0 saturated carbocycles. The molecule has 0 radical (unpaired) electrons. The average molecular weight is 470 g/mol. The lowest BCUT2D eigenvalue weighted by Crippen LogP contribution is -2.15. The maximum atomic E-state index is 13.0. The van der Waals surface area contributed by atoms with E-state index in [2.05, 4.69) is 0 Å². The van der Waals surface area contributed by atoms with Crippen LogP contribution in [0.1, 0.15) is 96.9 Å². The summed E-state index contributed by atoms with van der Waals surface area (Å²) in [4.78, 5) is 60.9. The molecule has 0 aliphatic heterocycles. The summed E-state index contributed by atoms with van der Waals surface area (Å²) in [6, 6.07) is 6.95. The smallest absolute Gasteiger partial charge is 0.339 e. The summed E-state index contributed by atoms with van der Waals surface area (Å²) < 4.78 is 10.2. The summed E-state index contributed by atoms with van der Waals surface area (Å²) in [5.41, 5.74) is -1.31. The summed E-state index contributed by atoms with van der Waals surface area (Å²) in [6.45, 7) is 4.06. The third-order valence-corrected chi connectivity index (χ3v) is 4.93. The number of carbonyl (C=O) groups is 5. The van der Waals surface area contributed by atoms with Crippen LogP contribution in [0.15, 0.2) is 36.4 Å². The van der Waals surface area contributed by atoms with Crippen LogP contribution in [0.25, 0.3) is 0 Å². The molecule has 0 aromatic heterocycles. The first-order valence-electron chi connectivity index (χ1n) is 10.8. The quantitative estimate of drug-likeness (QED) is 0.264. The van der Waals surface area contributed by atoms with Crippen molar-refractivity contribution in [3.63, 3.8) is 0 Å². The van der Waals surface area contributed by atoms with E-state index in [0.717, 1.165) is 31.0 Å². The SMILES string of the molecule is CCCCOC(=O)c1ccc(C(=O)c2ccc(C(=O)O)c(C(=O)OCCCC)c2)cc1C(=O)O. The number of carboxylic acid groups (broad SMARTS) is 2. The zero-order valence-corrected chi connectivity index (χ0v) is 19.0. The zero-order chi connectivity index (χ0) is 25.3. The number of unbranched alkanes of at least 4 members (excludes halogenated alkanes) is 2. The Kier molecular flexibility index (Phi) is 9.49. The van der Waals surface area contributed by atoms with E-state index < -0.39 is 35.2 Å². The van der Waals surface area contributed by atoms with Gasteiger partial charge in [-0.15, -0.1) is 0 Å². The molecule has 0 atom stereocenters. The van der Waals surface area contributed by atoms with Crippen molar-refractivity contribution in [2.45, 2.75) is 39.5 Å². The zero-order valence-electron chi connectivity index (χ0n) is 19.0. The van der Waals surface area contributed by atoms with Gasteiger partial charge in [0.1, 0.15) is 0 Å². The van der Waals surface area contributed by atoms with Gasteiger partial charge in [-0.3, -0.25) is 4.79 Å². The van der Waals surface area contributed by atoms with Gasteiger partial charge < -0.3 is 19.7 Å². The Bertz CT molecular complexity index is 1100. The first-order chi connectivity index (χ1) is 16.2. The van der Waals surface area contributed by atoms with Crippen LogP contribution in [-0.2, 0) is 9.47 Å². The van der Waals surface area contributed by atoms with Gasteiger partial charge in [-0.05, 0) is 37.1 Å². The molecule has 0 heterocycles. The van der Waals surface area contributed by atoms with E-state index in [4.69, 9.17) is 9.47 Å². The Morgan fingerprint density at radius 3 is 1.56 bits per heavy atom. The van der Waals surface area contributed by atoms with Crippen LogP contribution in [0, 0.1) is 0 Å². The molecule has 2 aromatic carbocycles. The standard InChI is InChI=1S/C25H26O9/c1-3-5-11-33-24(31)18-10-8-15(13-19(18)23(29)30)21(26)16-7-9-17(22(27)28)20(14-16)25(32)34-12-6-4-2/h7-10,13-14H,3-6,11-12H2,1-2H3,(H,27,28)(H,29,30). The molecule has 9 heteroatoms. The highest BCUT2D eigenvalue weighted by atomic mass is 16.5.